The fourth-order valence-electron chi connectivity index (χ4n) is 4.95. The zero-order valence-corrected chi connectivity index (χ0v) is 16.7. The van der Waals surface area contributed by atoms with E-state index in [0.29, 0.717) is 0 Å². The highest BCUT2D eigenvalue weighted by Crippen LogP contribution is 2.35. The van der Waals surface area contributed by atoms with Crippen LogP contribution in [0.1, 0.15) is 95.1 Å². The van der Waals surface area contributed by atoms with Gasteiger partial charge in [0.1, 0.15) is 5.82 Å². The van der Waals surface area contributed by atoms with Crippen molar-refractivity contribution < 1.29 is 4.39 Å². The summed E-state index contributed by atoms with van der Waals surface area (Å²) in [5.41, 5.74) is 4.07. The highest BCUT2D eigenvalue weighted by molar-refractivity contribution is 5.37. The number of fused-ring (bicyclic) bond motifs is 1. The molecule has 3 rings (SSSR count). The summed E-state index contributed by atoms with van der Waals surface area (Å²) in [5.74, 6) is 1.86. The van der Waals surface area contributed by atoms with Gasteiger partial charge >= 0.3 is 0 Å². The van der Waals surface area contributed by atoms with E-state index in [4.69, 9.17) is 0 Å². The smallest absolute Gasteiger partial charge is 0.123 e. The minimum absolute atomic E-state index is 0.0852. The Morgan fingerprint density at radius 2 is 1.62 bits per heavy atom. The number of rotatable bonds is 9. The lowest BCUT2D eigenvalue weighted by atomic mass is 9.77. The van der Waals surface area contributed by atoms with E-state index in [0.717, 1.165) is 24.7 Å². The van der Waals surface area contributed by atoms with Gasteiger partial charge in [0.15, 0.2) is 0 Å². The van der Waals surface area contributed by atoms with Crippen molar-refractivity contribution in [3.8, 4) is 0 Å². The molecule has 0 saturated heterocycles. The standard InChI is InChI=1S/C25H37F/c1-2-3-4-5-6-7-20-8-10-21(11-9-20)12-13-22-14-15-23-16-17-25(26)19-24(23)18-22/h14,16-17,19-21H,2-13,15,18H2,1H3. The van der Waals surface area contributed by atoms with Crippen molar-refractivity contribution in [3.63, 3.8) is 0 Å². The Bertz CT molecular complexity index is 578. The third-order valence-corrected chi connectivity index (χ3v) is 6.75. The number of hydrogen-bond donors (Lipinski definition) is 0. The van der Waals surface area contributed by atoms with E-state index in [2.05, 4.69) is 13.0 Å². The lowest BCUT2D eigenvalue weighted by molar-refractivity contribution is 0.248. The van der Waals surface area contributed by atoms with Crippen LogP contribution in [0.3, 0.4) is 0 Å². The molecule has 0 spiro atoms. The van der Waals surface area contributed by atoms with E-state index in [1.807, 2.05) is 6.07 Å². The van der Waals surface area contributed by atoms with Crippen LogP contribution in [0.4, 0.5) is 4.39 Å². The van der Waals surface area contributed by atoms with Gasteiger partial charge < -0.3 is 0 Å². The second-order valence-electron chi connectivity index (χ2n) is 8.78. The first-order valence-electron chi connectivity index (χ1n) is 11.2. The number of benzene rings is 1. The molecule has 0 nitrogen and oxygen atoms in total. The molecule has 0 bridgehead atoms. The summed E-state index contributed by atoms with van der Waals surface area (Å²) >= 11 is 0. The third kappa shape index (κ3) is 5.96. The van der Waals surface area contributed by atoms with Crippen LogP contribution < -0.4 is 0 Å². The lowest BCUT2D eigenvalue weighted by Crippen LogP contribution is -2.15. The molecule has 1 aromatic carbocycles. The normalized spacial score (nSPS) is 22.8. The van der Waals surface area contributed by atoms with Crippen LogP contribution in [0, 0.1) is 17.7 Å². The Balaban J connectivity index is 1.32. The molecular formula is C25H37F. The monoisotopic (exact) mass is 356 g/mol. The Morgan fingerprint density at radius 1 is 0.885 bits per heavy atom. The fraction of sp³-hybridized carbons (Fsp3) is 0.680. The maximum Gasteiger partial charge on any atom is 0.123 e. The van der Waals surface area contributed by atoms with Gasteiger partial charge in [0, 0.05) is 0 Å². The average molecular weight is 357 g/mol. The van der Waals surface area contributed by atoms with E-state index in [9.17, 15) is 4.39 Å². The predicted molar refractivity (Wildman–Crippen MR) is 110 cm³/mol. The molecule has 2 aliphatic carbocycles. The summed E-state index contributed by atoms with van der Waals surface area (Å²) in [7, 11) is 0. The van der Waals surface area contributed by atoms with Crippen molar-refractivity contribution in [3.05, 3.63) is 46.8 Å². The van der Waals surface area contributed by atoms with Crippen molar-refractivity contribution >= 4 is 0 Å². The maximum atomic E-state index is 13.5. The Morgan fingerprint density at radius 3 is 2.38 bits per heavy atom. The van der Waals surface area contributed by atoms with Gasteiger partial charge in [0.2, 0.25) is 0 Å². The summed E-state index contributed by atoms with van der Waals surface area (Å²) in [4.78, 5) is 0. The van der Waals surface area contributed by atoms with E-state index < -0.39 is 0 Å². The quantitative estimate of drug-likeness (QED) is 0.313. The molecule has 144 valence electrons. The minimum atomic E-state index is -0.0852. The maximum absolute atomic E-state index is 13.5. The molecule has 0 heterocycles. The molecule has 1 fully saturated rings. The zero-order valence-electron chi connectivity index (χ0n) is 16.7. The molecule has 0 aliphatic heterocycles. The van der Waals surface area contributed by atoms with Crippen molar-refractivity contribution in [2.24, 2.45) is 11.8 Å². The van der Waals surface area contributed by atoms with Crippen LogP contribution in [-0.4, -0.2) is 0 Å². The zero-order chi connectivity index (χ0) is 18.2. The molecule has 0 atom stereocenters. The number of halogens is 1. The van der Waals surface area contributed by atoms with Crippen LogP contribution >= 0.6 is 0 Å². The second kappa shape index (κ2) is 10.3. The van der Waals surface area contributed by atoms with Crippen molar-refractivity contribution in [2.45, 2.75) is 96.8 Å². The van der Waals surface area contributed by atoms with Gasteiger partial charge in [0.05, 0.1) is 0 Å². The SMILES string of the molecule is CCCCCCCC1CCC(CCC2=CCc3ccc(F)cc3C2)CC1. The summed E-state index contributed by atoms with van der Waals surface area (Å²) in [6, 6.07) is 5.30. The van der Waals surface area contributed by atoms with Gasteiger partial charge in [-0.15, -0.1) is 0 Å². The topological polar surface area (TPSA) is 0 Å². The average Bonchev–Trinajstić information content (AvgIpc) is 2.67. The summed E-state index contributed by atoms with van der Waals surface area (Å²) in [6.45, 7) is 2.29. The van der Waals surface area contributed by atoms with E-state index in [1.165, 1.54) is 88.2 Å². The lowest BCUT2D eigenvalue weighted by Gasteiger charge is -2.29. The first-order chi connectivity index (χ1) is 12.7. The number of unbranched alkanes of at least 4 members (excludes halogenated alkanes) is 4. The molecule has 1 heteroatoms. The van der Waals surface area contributed by atoms with Crippen LogP contribution in [0.2, 0.25) is 0 Å². The van der Waals surface area contributed by atoms with Crippen LogP contribution in [-0.2, 0) is 12.8 Å². The highest BCUT2D eigenvalue weighted by atomic mass is 19.1. The predicted octanol–water partition coefficient (Wildman–Crippen LogP) is 7.80. The van der Waals surface area contributed by atoms with Crippen LogP contribution in [0.15, 0.2) is 29.8 Å². The summed E-state index contributed by atoms with van der Waals surface area (Å²) in [6.07, 6.45) is 21.3. The Labute approximate surface area is 160 Å². The fourth-order valence-corrected chi connectivity index (χ4v) is 4.95. The van der Waals surface area contributed by atoms with Gasteiger partial charge in [-0.3, -0.25) is 0 Å². The van der Waals surface area contributed by atoms with Crippen LogP contribution in [0.5, 0.6) is 0 Å². The van der Waals surface area contributed by atoms with Gasteiger partial charge in [0.25, 0.3) is 0 Å². The Kier molecular flexibility index (Phi) is 7.77. The number of allylic oxidation sites excluding steroid dienone is 2. The Hall–Kier alpha value is -1.11. The number of hydrogen-bond acceptors (Lipinski definition) is 0. The van der Waals surface area contributed by atoms with E-state index in [-0.39, 0.29) is 5.82 Å². The van der Waals surface area contributed by atoms with Crippen molar-refractivity contribution in [2.75, 3.05) is 0 Å². The van der Waals surface area contributed by atoms with Gasteiger partial charge in [-0.1, -0.05) is 88.8 Å². The first kappa shape index (κ1) is 19.6. The third-order valence-electron chi connectivity index (χ3n) is 6.75. The molecule has 26 heavy (non-hydrogen) atoms. The molecule has 2 aliphatic rings. The second-order valence-corrected chi connectivity index (χ2v) is 8.78. The highest BCUT2D eigenvalue weighted by Gasteiger charge is 2.21. The van der Waals surface area contributed by atoms with Crippen molar-refractivity contribution in [1.29, 1.82) is 0 Å². The molecule has 0 unspecified atom stereocenters. The molecule has 0 aromatic heterocycles. The van der Waals surface area contributed by atoms with E-state index >= 15 is 0 Å². The molecule has 1 aromatic rings. The largest absolute Gasteiger partial charge is 0.207 e. The van der Waals surface area contributed by atoms with Gasteiger partial charge in [-0.05, 0) is 60.8 Å². The molecular weight excluding hydrogens is 319 g/mol. The molecule has 1 saturated carbocycles. The molecule has 0 radical (unpaired) electrons. The summed E-state index contributed by atoms with van der Waals surface area (Å²) in [5, 5.41) is 0. The van der Waals surface area contributed by atoms with Gasteiger partial charge in [-0.25, -0.2) is 4.39 Å². The van der Waals surface area contributed by atoms with E-state index in [1.54, 1.807) is 17.7 Å². The first-order valence-corrected chi connectivity index (χ1v) is 11.2. The molecule has 0 amide bonds. The van der Waals surface area contributed by atoms with Crippen molar-refractivity contribution in [1.82, 2.24) is 0 Å². The van der Waals surface area contributed by atoms with Gasteiger partial charge in [-0.2, -0.15) is 0 Å². The molecule has 0 N–H and O–H groups in total. The van der Waals surface area contributed by atoms with Crippen LogP contribution in [0.25, 0.3) is 0 Å². The summed E-state index contributed by atoms with van der Waals surface area (Å²) < 4.78 is 13.5. The minimum Gasteiger partial charge on any atom is -0.207 e.